The van der Waals surface area contributed by atoms with Gasteiger partial charge in [-0.25, -0.2) is 0 Å². The van der Waals surface area contributed by atoms with Crippen LogP contribution in [-0.2, 0) is 12.8 Å². The van der Waals surface area contributed by atoms with Crippen LogP contribution in [0.5, 0.6) is 11.5 Å². The first-order valence-corrected chi connectivity index (χ1v) is 11.4. The van der Waals surface area contributed by atoms with E-state index in [1.807, 2.05) is 17.0 Å². The van der Waals surface area contributed by atoms with Gasteiger partial charge in [-0.05, 0) is 48.6 Å². The van der Waals surface area contributed by atoms with E-state index in [9.17, 15) is 4.79 Å². The highest BCUT2D eigenvalue weighted by atomic mass is 16.5. The first kappa shape index (κ1) is 21.1. The molecular weight excluding hydrogens is 416 g/mol. The smallest absolute Gasteiger partial charge is 0.257 e. The Bertz CT molecular complexity index is 1250. The van der Waals surface area contributed by atoms with Gasteiger partial charge in [0.1, 0.15) is 0 Å². The number of methoxy groups -OCH3 is 1. The molecule has 3 heterocycles. The minimum atomic E-state index is 0.00467. The van der Waals surface area contributed by atoms with Crippen LogP contribution in [0, 0.1) is 0 Å². The zero-order valence-electron chi connectivity index (χ0n) is 18.8. The fraction of sp³-hybridized carbons (Fsp3) is 0.308. The van der Waals surface area contributed by atoms with E-state index in [0.29, 0.717) is 25.3 Å². The molecule has 0 atom stereocenters. The van der Waals surface area contributed by atoms with Crippen molar-refractivity contribution in [2.45, 2.75) is 25.7 Å². The summed E-state index contributed by atoms with van der Waals surface area (Å²) < 4.78 is 11.6. The van der Waals surface area contributed by atoms with Crippen molar-refractivity contribution in [3.63, 3.8) is 0 Å². The van der Waals surface area contributed by atoms with Gasteiger partial charge in [-0.1, -0.05) is 24.3 Å². The number of para-hydroxylation sites is 1. The molecule has 170 valence electrons. The normalized spacial score (nSPS) is 14.9. The van der Waals surface area contributed by atoms with Crippen molar-refractivity contribution in [2.24, 2.45) is 0 Å². The number of hydrogen-bond donors (Lipinski definition) is 2. The van der Waals surface area contributed by atoms with Crippen LogP contribution in [0.2, 0.25) is 0 Å². The van der Waals surface area contributed by atoms with Crippen LogP contribution in [-0.4, -0.2) is 52.8 Å². The number of hydrogen-bond acceptors (Lipinski definition) is 4. The van der Waals surface area contributed by atoms with Crippen LogP contribution in [0.1, 0.15) is 40.0 Å². The van der Waals surface area contributed by atoms with Gasteiger partial charge in [-0.3, -0.25) is 9.89 Å². The molecule has 0 unspecified atom stereocenters. The molecule has 7 heteroatoms. The zero-order chi connectivity index (χ0) is 22.6. The van der Waals surface area contributed by atoms with Crippen molar-refractivity contribution in [1.29, 1.82) is 0 Å². The fourth-order valence-electron chi connectivity index (χ4n) is 4.54. The fourth-order valence-corrected chi connectivity index (χ4v) is 4.54. The average Bonchev–Trinajstić information content (AvgIpc) is 3.48. The molecule has 1 aliphatic heterocycles. The minimum Gasteiger partial charge on any atom is -0.493 e. The van der Waals surface area contributed by atoms with E-state index >= 15 is 0 Å². The number of amides is 1. The number of fused-ring (bicyclic) bond motifs is 5. The third kappa shape index (κ3) is 4.44. The van der Waals surface area contributed by atoms with Crippen LogP contribution >= 0.6 is 0 Å². The number of carbonyl (C=O) groups is 1. The molecule has 0 saturated heterocycles. The molecule has 2 bridgehead atoms. The third-order valence-electron chi connectivity index (χ3n) is 6.25. The lowest BCUT2D eigenvalue weighted by Crippen LogP contribution is -2.34. The molecule has 0 saturated carbocycles. The van der Waals surface area contributed by atoms with E-state index in [1.54, 1.807) is 19.5 Å². The molecule has 0 aliphatic carbocycles. The number of rotatable bonds is 2. The van der Waals surface area contributed by atoms with Gasteiger partial charge in [0.25, 0.3) is 5.91 Å². The highest BCUT2D eigenvalue weighted by Gasteiger charge is 2.20. The molecular formula is C26H28N4O3. The van der Waals surface area contributed by atoms with Crippen molar-refractivity contribution in [1.82, 2.24) is 20.1 Å². The molecule has 2 N–H and O–H groups in total. The summed E-state index contributed by atoms with van der Waals surface area (Å²) >= 11 is 0. The van der Waals surface area contributed by atoms with Crippen LogP contribution < -0.4 is 9.47 Å². The molecule has 2 aromatic carbocycles. The monoisotopic (exact) mass is 444 g/mol. The Morgan fingerprint density at radius 2 is 2.06 bits per heavy atom. The maximum Gasteiger partial charge on any atom is 0.257 e. The molecule has 1 aliphatic rings. The number of nitrogens with zero attached hydrogens (tertiary/aromatic N) is 2. The van der Waals surface area contributed by atoms with Crippen molar-refractivity contribution in [3.8, 4) is 11.5 Å². The van der Waals surface area contributed by atoms with Gasteiger partial charge >= 0.3 is 0 Å². The predicted octanol–water partition coefficient (Wildman–Crippen LogP) is 4.35. The summed E-state index contributed by atoms with van der Waals surface area (Å²) in [6.45, 7) is 1.89. The van der Waals surface area contributed by atoms with E-state index in [1.165, 1.54) is 16.6 Å². The van der Waals surface area contributed by atoms with Crippen LogP contribution in [0.15, 0.2) is 54.9 Å². The van der Waals surface area contributed by atoms with Gasteiger partial charge in [0.05, 0.1) is 25.5 Å². The maximum absolute atomic E-state index is 13.1. The molecule has 0 radical (unpaired) electrons. The van der Waals surface area contributed by atoms with E-state index in [0.717, 1.165) is 48.3 Å². The maximum atomic E-state index is 13.1. The molecule has 4 aromatic rings. The van der Waals surface area contributed by atoms with E-state index in [-0.39, 0.29) is 5.91 Å². The summed E-state index contributed by atoms with van der Waals surface area (Å²) in [6.07, 6.45) is 6.48. The second kappa shape index (κ2) is 9.40. The number of nitrogens with one attached hydrogen (secondary N) is 2. The molecule has 33 heavy (non-hydrogen) atoms. The molecule has 5 rings (SSSR count). The Balaban J connectivity index is 1.52. The SMILES string of the molecule is COc1ccc2cc1OCCCCN(C(=O)c1cn[nH]c1)CCc1c([nH]c3ccccc13)C2. The summed E-state index contributed by atoms with van der Waals surface area (Å²) in [4.78, 5) is 18.7. The van der Waals surface area contributed by atoms with Crippen molar-refractivity contribution in [3.05, 3.63) is 77.2 Å². The Labute approximate surface area is 192 Å². The Morgan fingerprint density at radius 3 is 2.91 bits per heavy atom. The van der Waals surface area contributed by atoms with Crippen LogP contribution in [0.4, 0.5) is 0 Å². The quantitative estimate of drug-likeness (QED) is 0.482. The summed E-state index contributed by atoms with van der Waals surface area (Å²) in [5.41, 5.74) is 5.28. The molecule has 7 nitrogen and oxygen atoms in total. The van der Waals surface area contributed by atoms with Crippen molar-refractivity contribution >= 4 is 16.8 Å². The second-order valence-electron chi connectivity index (χ2n) is 8.37. The molecule has 1 amide bonds. The lowest BCUT2D eigenvalue weighted by atomic mass is 10.0. The largest absolute Gasteiger partial charge is 0.493 e. The predicted molar refractivity (Wildman–Crippen MR) is 127 cm³/mol. The lowest BCUT2D eigenvalue weighted by Gasteiger charge is -2.23. The molecule has 0 fully saturated rings. The van der Waals surface area contributed by atoms with Gasteiger partial charge in [0, 0.05) is 42.3 Å². The van der Waals surface area contributed by atoms with Crippen molar-refractivity contribution in [2.75, 3.05) is 26.8 Å². The number of carbonyl (C=O) groups excluding carboxylic acids is 1. The van der Waals surface area contributed by atoms with Crippen LogP contribution in [0.25, 0.3) is 10.9 Å². The third-order valence-corrected chi connectivity index (χ3v) is 6.25. The highest BCUT2D eigenvalue weighted by Crippen LogP contribution is 2.31. The number of benzene rings is 2. The summed E-state index contributed by atoms with van der Waals surface area (Å²) in [6, 6.07) is 14.5. The average molecular weight is 445 g/mol. The first-order valence-electron chi connectivity index (χ1n) is 11.4. The minimum absolute atomic E-state index is 0.00467. The first-order chi connectivity index (χ1) is 16.2. The lowest BCUT2D eigenvalue weighted by molar-refractivity contribution is 0.0752. The Kier molecular flexibility index (Phi) is 6.02. The van der Waals surface area contributed by atoms with E-state index < -0.39 is 0 Å². The Morgan fingerprint density at radius 1 is 1.15 bits per heavy atom. The van der Waals surface area contributed by atoms with Crippen LogP contribution in [0.3, 0.4) is 0 Å². The Hall–Kier alpha value is -3.74. The van der Waals surface area contributed by atoms with Gasteiger partial charge in [-0.2, -0.15) is 5.10 Å². The van der Waals surface area contributed by atoms with E-state index in [2.05, 4.69) is 45.5 Å². The molecule has 0 spiro atoms. The zero-order valence-corrected chi connectivity index (χ0v) is 18.8. The number of aromatic nitrogens is 3. The van der Waals surface area contributed by atoms with Gasteiger partial charge in [0.15, 0.2) is 11.5 Å². The van der Waals surface area contributed by atoms with E-state index in [4.69, 9.17) is 9.47 Å². The highest BCUT2D eigenvalue weighted by molar-refractivity contribution is 5.93. The summed E-state index contributed by atoms with van der Waals surface area (Å²) in [7, 11) is 1.66. The summed E-state index contributed by atoms with van der Waals surface area (Å²) in [5, 5.41) is 7.91. The number of aromatic amines is 2. The topological polar surface area (TPSA) is 83.2 Å². The van der Waals surface area contributed by atoms with Gasteiger partial charge < -0.3 is 19.4 Å². The number of H-pyrrole nitrogens is 2. The molecule has 2 aromatic heterocycles. The van der Waals surface area contributed by atoms with Crippen molar-refractivity contribution < 1.29 is 14.3 Å². The number of ether oxygens (including phenoxy) is 2. The van der Waals surface area contributed by atoms with Gasteiger partial charge in [-0.15, -0.1) is 0 Å². The standard InChI is InChI=1S/C26H28N4O3/c1-32-24-9-8-18-14-23-21(20-6-2-3-7-22(20)29-23)10-12-30(26(31)19-16-27-28-17-19)11-4-5-13-33-25(24)15-18/h2-3,6-9,15-17,29H,4-5,10-14H2,1H3,(H,27,28). The summed E-state index contributed by atoms with van der Waals surface area (Å²) in [5.74, 6) is 1.50. The van der Waals surface area contributed by atoms with Gasteiger partial charge in [0.2, 0.25) is 0 Å². The second-order valence-corrected chi connectivity index (χ2v) is 8.37.